The average Bonchev–Trinajstić information content (AvgIpc) is 2.74. The Morgan fingerprint density at radius 1 is 1.15 bits per heavy atom. The summed E-state index contributed by atoms with van der Waals surface area (Å²) in [4.78, 5) is 12.3. The molecule has 1 atom stereocenters. The van der Waals surface area contributed by atoms with Gasteiger partial charge in [-0.15, -0.1) is 0 Å². The molecule has 2 aromatic rings. The van der Waals surface area contributed by atoms with E-state index < -0.39 is 5.54 Å². The van der Waals surface area contributed by atoms with Crippen LogP contribution < -0.4 is 10.6 Å². The van der Waals surface area contributed by atoms with E-state index in [1.165, 1.54) is 0 Å². The second-order valence-corrected chi connectivity index (χ2v) is 5.41. The zero-order chi connectivity index (χ0) is 14.2. The zero-order valence-corrected chi connectivity index (χ0v) is 11.9. The quantitative estimate of drug-likeness (QED) is 0.889. The zero-order valence-electron chi connectivity index (χ0n) is 10.4. The second-order valence-electron chi connectivity index (χ2n) is 4.49. The van der Waals surface area contributed by atoms with E-state index in [1.54, 1.807) is 12.1 Å². The molecule has 0 fully saturated rings. The molecule has 0 aliphatic carbocycles. The van der Waals surface area contributed by atoms with Gasteiger partial charge < -0.3 is 10.6 Å². The van der Waals surface area contributed by atoms with Gasteiger partial charge in [0.1, 0.15) is 6.07 Å². The van der Waals surface area contributed by atoms with E-state index in [1.807, 2.05) is 36.4 Å². The van der Waals surface area contributed by atoms with E-state index in [-0.39, 0.29) is 5.91 Å². The Kier molecular flexibility index (Phi) is 2.96. The first-order valence-corrected chi connectivity index (χ1v) is 6.81. The number of hydrogen-bond donors (Lipinski definition) is 2. The highest BCUT2D eigenvalue weighted by Gasteiger charge is 2.47. The van der Waals surface area contributed by atoms with Crippen LogP contribution in [-0.4, -0.2) is 5.91 Å². The summed E-state index contributed by atoms with van der Waals surface area (Å²) in [6.45, 7) is 0. The summed E-state index contributed by atoms with van der Waals surface area (Å²) in [7, 11) is 0. The van der Waals surface area contributed by atoms with Gasteiger partial charge in [0.15, 0.2) is 0 Å². The molecular formula is C15H10BrN3O. The minimum atomic E-state index is -1.38. The molecule has 3 rings (SSSR count). The van der Waals surface area contributed by atoms with Gasteiger partial charge in [0.2, 0.25) is 5.54 Å². The molecule has 0 saturated heterocycles. The van der Waals surface area contributed by atoms with Crippen molar-refractivity contribution in [2.75, 3.05) is 10.6 Å². The van der Waals surface area contributed by atoms with Gasteiger partial charge in [-0.1, -0.05) is 34.1 Å². The van der Waals surface area contributed by atoms with Crippen LogP contribution in [0.1, 0.15) is 5.56 Å². The molecule has 4 nitrogen and oxygen atoms in total. The van der Waals surface area contributed by atoms with E-state index in [4.69, 9.17) is 0 Å². The van der Waals surface area contributed by atoms with Crippen molar-refractivity contribution in [3.63, 3.8) is 0 Å². The topological polar surface area (TPSA) is 64.9 Å². The molecule has 0 aromatic heterocycles. The fourth-order valence-electron chi connectivity index (χ4n) is 2.27. The molecule has 20 heavy (non-hydrogen) atoms. The SMILES string of the molecule is N#CC1(Nc2ccc(Br)cc2)C(=O)Nc2ccccc21. The van der Waals surface area contributed by atoms with Crippen LogP contribution in [0.2, 0.25) is 0 Å². The lowest BCUT2D eigenvalue weighted by molar-refractivity contribution is -0.118. The van der Waals surface area contributed by atoms with E-state index >= 15 is 0 Å². The van der Waals surface area contributed by atoms with Gasteiger partial charge in [-0.2, -0.15) is 5.26 Å². The van der Waals surface area contributed by atoms with Crippen LogP contribution in [0, 0.1) is 11.3 Å². The molecule has 1 aliphatic rings. The monoisotopic (exact) mass is 327 g/mol. The van der Waals surface area contributed by atoms with Crippen LogP contribution in [0.25, 0.3) is 0 Å². The number of para-hydroxylation sites is 1. The fraction of sp³-hybridized carbons (Fsp3) is 0.0667. The van der Waals surface area contributed by atoms with Gasteiger partial charge in [-0.3, -0.25) is 4.79 Å². The van der Waals surface area contributed by atoms with Crippen molar-refractivity contribution >= 4 is 33.2 Å². The Bertz CT molecular complexity index is 721. The summed E-state index contributed by atoms with van der Waals surface area (Å²) in [6.07, 6.45) is 0. The molecule has 5 heteroatoms. The highest BCUT2D eigenvalue weighted by molar-refractivity contribution is 9.10. The first-order valence-electron chi connectivity index (χ1n) is 6.02. The third-order valence-electron chi connectivity index (χ3n) is 3.26. The number of amides is 1. The number of nitrogens with one attached hydrogen (secondary N) is 2. The van der Waals surface area contributed by atoms with Crippen molar-refractivity contribution in [2.45, 2.75) is 5.54 Å². The van der Waals surface area contributed by atoms with Crippen LogP contribution in [-0.2, 0) is 10.3 Å². The number of benzene rings is 2. The van der Waals surface area contributed by atoms with E-state index in [0.717, 1.165) is 4.47 Å². The first-order chi connectivity index (χ1) is 9.65. The van der Waals surface area contributed by atoms with E-state index in [9.17, 15) is 10.1 Å². The largest absolute Gasteiger partial charge is 0.356 e. The van der Waals surface area contributed by atoms with E-state index in [2.05, 4.69) is 32.6 Å². The molecule has 98 valence electrons. The van der Waals surface area contributed by atoms with Crippen molar-refractivity contribution in [3.8, 4) is 6.07 Å². The van der Waals surface area contributed by atoms with Gasteiger partial charge in [-0.25, -0.2) is 0 Å². The number of nitrogens with zero attached hydrogens (tertiary/aromatic N) is 1. The Hall–Kier alpha value is -2.32. The summed E-state index contributed by atoms with van der Waals surface area (Å²) in [6, 6.07) is 16.7. The van der Waals surface area contributed by atoms with Gasteiger partial charge >= 0.3 is 0 Å². The third kappa shape index (κ3) is 1.86. The molecule has 2 aromatic carbocycles. The molecule has 2 N–H and O–H groups in total. The van der Waals surface area contributed by atoms with Crippen LogP contribution in [0.5, 0.6) is 0 Å². The minimum absolute atomic E-state index is 0.357. The molecule has 1 amide bonds. The maximum Gasteiger partial charge on any atom is 0.269 e. The number of carbonyl (C=O) groups is 1. The van der Waals surface area contributed by atoms with Crippen molar-refractivity contribution in [1.29, 1.82) is 5.26 Å². The maximum absolute atomic E-state index is 12.3. The third-order valence-corrected chi connectivity index (χ3v) is 3.79. The summed E-state index contributed by atoms with van der Waals surface area (Å²) < 4.78 is 0.935. The van der Waals surface area contributed by atoms with Crippen molar-refractivity contribution < 1.29 is 4.79 Å². The van der Waals surface area contributed by atoms with Gasteiger partial charge in [0, 0.05) is 21.4 Å². The van der Waals surface area contributed by atoms with Crippen molar-refractivity contribution in [2.24, 2.45) is 0 Å². The van der Waals surface area contributed by atoms with Gasteiger partial charge in [0.05, 0.1) is 0 Å². The Balaban J connectivity index is 2.06. The van der Waals surface area contributed by atoms with Gasteiger partial charge in [0.25, 0.3) is 5.91 Å². The smallest absolute Gasteiger partial charge is 0.269 e. The highest BCUT2D eigenvalue weighted by Crippen LogP contribution is 2.38. The lowest BCUT2D eigenvalue weighted by Gasteiger charge is -2.22. The average molecular weight is 328 g/mol. The fourth-order valence-corrected chi connectivity index (χ4v) is 2.53. The Morgan fingerprint density at radius 2 is 1.85 bits per heavy atom. The molecule has 0 saturated carbocycles. The minimum Gasteiger partial charge on any atom is -0.356 e. The number of anilines is 2. The molecule has 0 radical (unpaired) electrons. The summed E-state index contributed by atoms with van der Waals surface area (Å²) in [5.74, 6) is -0.357. The number of fused-ring (bicyclic) bond motifs is 1. The normalized spacial score (nSPS) is 19.9. The molecule has 1 heterocycles. The number of carbonyl (C=O) groups excluding carboxylic acids is 1. The molecule has 1 unspecified atom stereocenters. The predicted octanol–water partition coefficient (Wildman–Crippen LogP) is 3.23. The second kappa shape index (κ2) is 4.66. The number of hydrogen-bond acceptors (Lipinski definition) is 3. The van der Waals surface area contributed by atoms with Crippen LogP contribution in [0.3, 0.4) is 0 Å². The highest BCUT2D eigenvalue weighted by atomic mass is 79.9. The number of halogens is 1. The maximum atomic E-state index is 12.3. The summed E-state index contributed by atoms with van der Waals surface area (Å²) in [5.41, 5.74) is 0.644. The molecular weight excluding hydrogens is 318 g/mol. The number of rotatable bonds is 2. The number of nitriles is 1. The lowest BCUT2D eigenvalue weighted by atomic mass is 9.92. The molecule has 0 bridgehead atoms. The molecule has 1 aliphatic heterocycles. The Morgan fingerprint density at radius 3 is 2.55 bits per heavy atom. The Labute approximate surface area is 124 Å². The van der Waals surface area contributed by atoms with Crippen LogP contribution in [0.4, 0.5) is 11.4 Å². The van der Waals surface area contributed by atoms with Crippen molar-refractivity contribution in [3.05, 3.63) is 58.6 Å². The summed E-state index contributed by atoms with van der Waals surface area (Å²) >= 11 is 3.35. The lowest BCUT2D eigenvalue weighted by Crippen LogP contribution is -2.40. The molecule has 0 spiro atoms. The van der Waals surface area contributed by atoms with Gasteiger partial charge in [-0.05, 0) is 30.3 Å². The van der Waals surface area contributed by atoms with Crippen molar-refractivity contribution in [1.82, 2.24) is 0 Å². The standard InChI is InChI=1S/C15H10BrN3O/c16-10-5-7-11(8-6-10)19-15(9-17)12-3-1-2-4-13(12)18-14(15)20/h1-8,19H,(H,18,20). The summed E-state index contributed by atoms with van der Waals surface area (Å²) in [5, 5.41) is 15.3. The predicted molar refractivity (Wildman–Crippen MR) is 80.1 cm³/mol. The first kappa shape index (κ1) is 12.7. The van der Waals surface area contributed by atoms with E-state index in [0.29, 0.717) is 16.9 Å². The van der Waals surface area contributed by atoms with Crippen LogP contribution in [0.15, 0.2) is 53.0 Å². The van der Waals surface area contributed by atoms with Crippen LogP contribution >= 0.6 is 15.9 Å².